The zero-order chi connectivity index (χ0) is 16.4. The summed E-state index contributed by atoms with van der Waals surface area (Å²) in [5, 5.41) is 12.1. The Kier molecular flexibility index (Phi) is 3.69. The van der Waals surface area contributed by atoms with Gasteiger partial charge in [-0.15, -0.1) is 0 Å². The van der Waals surface area contributed by atoms with E-state index >= 15 is 0 Å². The number of aromatic nitrogens is 3. The van der Waals surface area contributed by atoms with Crippen molar-refractivity contribution >= 4 is 0 Å². The summed E-state index contributed by atoms with van der Waals surface area (Å²) in [6.07, 6.45) is 5.74. The van der Waals surface area contributed by atoms with E-state index in [4.69, 9.17) is 10.00 Å². The summed E-state index contributed by atoms with van der Waals surface area (Å²) in [7, 11) is 0. The minimum Gasteiger partial charge on any atom is -0.471 e. The molecule has 0 fully saturated rings. The van der Waals surface area contributed by atoms with Gasteiger partial charge in [-0.1, -0.05) is 6.07 Å². The molecule has 24 heavy (non-hydrogen) atoms. The number of fused-ring (bicyclic) bond motifs is 1. The van der Waals surface area contributed by atoms with E-state index in [1.54, 1.807) is 12.1 Å². The molecule has 0 aliphatic carbocycles. The lowest BCUT2D eigenvalue weighted by Crippen LogP contribution is -2.04. The molecule has 3 aromatic heterocycles. The first-order valence-corrected chi connectivity index (χ1v) is 7.67. The number of nitrogens with zero attached hydrogens (tertiary/aromatic N) is 4. The van der Waals surface area contributed by atoms with Crippen molar-refractivity contribution in [2.24, 2.45) is 0 Å². The van der Waals surface area contributed by atoms with Crippen molar-refractivity contribution in [2.75, 3.05) is 0 Å². The van der Waals surface area contributed by atoms with Crippen molar-refractivity contribution in [2.45, 2.75) is 19.7 Å². The summed E-state index contributed by atoms with van der Waals surface area (Å²) in [5.74, 6) is 1.38. The average Bonchev–Trinajstić information content (AvgIpc) is 3.23. The average molecular weight is 317 g/mol. The highest BCUT2D eigenvalue weighted by Crippen LogP contribution is 2.20. The van der Waals surface area contributed by atoms with Gasteiger partial charge in [-0.2, -0.15) is 10.2 Å². The molecule has 0 amide bonds. The van der Waals surface area contributed by atoms with Crippen LogP contribution in [0, 0.1) is 11.3 Å². The second-order valence-electron chi connectivity index (χ2n) is 5.59. The van der Waals surface area contributed by atoms with Gasteiger partial charge in [0.15, 0.2) is 0 Å². The Morgan fingerprint density at radius 1 is 1.17 bits per heavy atom. The summed E-state index contributed by atoms with van der Waals surface area (Å²) < 4.78 is 7.75. The van der Waals surface area contributed by atoms with Crippen molar-refractivity contribution in [3.05, 3.63) is 71.3 Å². The van der Waals surface area contributed by atoms with E-state index in [-0.39, 0.29) is 0 Å². The highest BCUT2D eigenvalue weighted by atomic mass is 16.5. The smallest absolute Gasteiger partial charge is 0.215 e. The van der Waals surface area contributed by atoms with Crippen LogP contribution < -0.4 is 10.1 Å². The molecule has 0 atom stereocenters. The highest BCUT2D eigenvalue weighted by Gasteiger charge is 2.13. The second-order valence-corrected chi connectivity index (χ2v) is 5.59. The van der Waals surface area contributed by atoms with Crippen LogP contribution >= 0.6 is 0 Å². The van der Waals surface area contributed by atoms with Crippen LogP contribution in [0.5, 0.6) is 5.88 Å². The van der Waals surface area contributed by atoms with Gasteiger partial charge in [0.25, 0.3) is 0 Å². The summed E-state index contributed by atoms with van der Waals surface area (Å²) in [6.45, 7) is 2.13. The van der Waals surface area contributed by atoms with Crippen LogP contribution in [-0.2, 0) is 19.7 Å². The van der Waals surface area contributed by atoms with Crippen LogP contribution in [0.2, 0.25) is 0 Å². The van der Waals surface area contributed by atoms with Gasteiger partial charge in [0, 0.05) is 37.7 Å². The van der Waals surface area contributed by atoms with Crippen molar-refractivity contribution < 1.29 is 4.74 Å². The maximum absolute atomic E-state index is 8.78. The topological polar surface area (TPSA) is 75.8 Å². The minimum absolute atomic E-state index is 0.314. The predicted molar refractivity (Wildman–Crippen MR) is 87.4 cm³/mol. The van der Waals surface area contributed by atoms with E-state index in [2.05, 4.69) is 27.7 Å². The molecular weight excluding hydrogens is 302 g/mol. The van der Waals surface area contributed by atoms with E-state index in [1.807, 2.05) is 28.8 Å². The van der Waals surface area contributed by atoms with Gasteiger partial charge in [0.2, 0.25) is 5.88 Å². The number of hydrogen-bond donors (Lipinski definition) is 1. The fraction of sp³-hybridized carbons (Fsp3) is 0.167. The molecule has 4 rings (SSSR count). The van der Waals surface area contributed by atoms with E-state index < -0.39 is 0 Å². The van der Waals surface area contributed by atoms with Crippen LogP contribution in [0.15, 0.2) is 48.9 Å². The van der Waals surface area contributed by atoms with Crippen molar-refractivity contribution in [3.63, 3.8) is 0 Å². The first kappa shape index (κ1) is 14.4. The van der Waals surface area contributed by atoms with Gasteiger partial charge in [0.1, 0.15) is 18.5 Å². The molecule has 0 saturated carbocycles. The van der Waals surface area contributed by atoms with Gasteiger partial charge in [-0.05, 0) is 29.3 Å². The Hall–Kier alpha value is -3.17. The van der Waals surface area contributed by atoms with Gasteiger partial charge < -0.3 is 14.6 Å². The predicted octanol–water partition coefficient (Wildman–Crippen LogP) is 2.32. The number of rotatable bonds is 4. The fourth-order valence-corrected chi connectivity index (χ4v) is 2.67. The molecule has 3 aromatic rings. The Morgan fingerprint density at radius 2 is 2.00 bits per heavy atom. The quantitative estimate of drug-likeness (QED) is 0.799. The van der Waals surface area contributed by atoms with Crippen LogP contribution in [0.25, 0.3) is 5.82 Å². The normalized spacial score (nSPS) is 12.6. The Labute approximate surface area is 139 Å². The molecule has 6 heteroatoms. The third kappa shape index (κ3) is 2.85. The number of nitriles is 1. The zero-order valence-electron chi connectivity index (χ0n) is 12.9. The number of pyridine rings is 2. The minimum atomic E-state index is 0.314. The SMILES string of the molecule is N#Cc1ccc(COc2cccc(-n3cc4c(c3)CNC4)n2)nc1. The number of ether oxygens (including phenoxy) is 1. The van der Waals surface area contributed by atoms with E-state index in [1.165, 1.54) is 17.3 Å². The first-order valence-electron chi connectivity index (χ1n) is 7.67. The summed E-state index contributed by atoms with van der Waals surface area (Å²) in [5.41, 5.74) is 3.91. The van der Waals surface area contributed by atoms with Gasteiger partial charge in [0.05, 0.1) is 11.3 Å². The van der Waals surface area contributed by atoms with Crippen LogP contribution in [-0.4, -0.2) is 14.5 Å². The maximum atomic E-state index is 8.78. The number of nitrogens with one attached hydrogen (secondary N) is 1. The van der Waals surface area contributed by atoms with Gasteiger partial charge >= 0.3 is 0 Å². The van der Waals surface area contributed by atoms with Crippen molar-refractivity contribution in [1.82, 2.24) is 19.9 Å². The third-order valence-electron chi connectivity index (χ3n) is 3.93. The molecule has 1 aliphatic rings. The summed E-state index contributed by atoms with van der Waals surface area (Å²) in [6, 6.07) is 11.3. The van der Waals surface area contributed by atoms with E-state index in [9.17, 15) is 0 Å². The highest BCUT2D eigenvalue weighted by molar-refractivity contribution is 5.36. The Balaban J connectivity index is 1.48. The standard InChI is InChI=1S/C18H15N5O/c19-6-13-4-5-16(21-7-13)12-24-18-3-1-2-17(22-18)23-10-14-8-20-9-15(14)11-23/h1-5,7,10-11,20H,8-9,12H2. The zero-order valence-corrected chi connectivity index (χ0v) is 12.9. The summed E-state index contributed by atoms with van der Waals surface area (Å²) >= 11 is 0. The second kappa shape index (κ2) is 6.14. The molecule has 0 unspecified atom stereocenters. The Morgan fingerprint density at radius 3 is 2.71 bits per heavy atom. The van der Waals surface area contributed by atoms with Crippen LogP contribution in [0.1, 0.15) is 22.4 Å². The lowest BCUT2D eigenvalue weighted by molar-refractivity contribution is 0.289. The van der Waals surface area contributed by atoms with Gasteiger partial charge in [-0.3, -0.25) is 4.98 Å². The van der Waals surface area contributed by atoms with Crippen molar-refractivity contribution in [3.8, 4) is 17.8 Å². The number of hydrogen-bond acceptors (Lipinski definition) is 5. The monoisotopic (exact) mass is 317 g/mol. The molecule has 6 nitrogen and oxygen atoms in total. The molecule has 0 aromatic carbocycles. The summed E-state index contributed by atoms with van der Waals surface area (Å²) in [4.78, 5) is 8.74. The maximum Gasteiger partial charge on any atom is 0.215 e. The van der Waals surface area contributed by atoms with Gasteiger partial charge in [-0.25, -0.2) is 0 Å². The molecule has 1 N–H and O–H groups in total. The lowest BCUT2D eigenvalue weighted by atomic mass is 10.2. The first-order chi connectivity index (χ1) is 11.8. The van der Waals surface area contributed by atoms with Crippen molar-refractivity contribution in [1.29, 1.82) is 5.26 Å². The molecule has 1 aliphatic heterocycles. The lowest BCUT2D eigenvalue weighted by Gasteiger charge is -2.07. The Bertz CT molecular complexity index is 886. The van der Waals surface area contributed by atoms with E-state index in [0.29, 0.717) is 18.1 Å². The molecule has 0 spiro atoms. The third-order valence-corrected chi connectivity index (χ3v) is 3.93. The fourth-order valence-electron chi connectivity index (χ4n) is 2.67. The molecule has 118 valence electrons. The van der Waals surface area contributed by atoms with E-state index in [0.717, 1.165) is 24.6 Å². The largest absolute Gasteiger partial charge is 0.471 e. The molecule has 0 saturated heterocycles. The van der Waals surface area contributed by atoms with Crippen LogP contribution in [0.3, 0.4) is 0 Å². The molecule has 4 heterocycles. The molecular formula is C18H15N5O. The van der Waals surface area contributed by atoms with Crippen LogP contribution in [0.4, 0.5) is 0 Å². The molecule has 0 bridgehead atoms. The molecule has 0 radical (unpaired) electrons.